The van der Waals surface area contributed by atoms with E-state index < -0.39 is 49.5 Å². The van der Waals surface area contributed by atoms with Gasteiger partial charge in [-0.3, -0.25) is 4.79 Å². The molecule has 1 saturated heterocycles. The summed E-state index contributed by atoms with van der Waals surface area (Å²) in [4.78, 5) is 12.2. The van der Waals surface area contributed by atoms with E-state index in [2.05, 4.69) is 41.2 Å². The highest BCUT2D eigenvalue weighted by molar-refractivity contribution is 5.66. The molecular formula is C38H62O10. The fourth-order valence-corrected chi connectivity index (χ4v) is 13.4. The van der Waals surface area contributed by atoms with Crippen LogP contribution < -0.4 is 0 Å². The maximum atomic E-state index is 12.2. The van der Waals surface area contributed by atoms with Crippen molar-refractivity contribution in [3.05, 3.63) is 12.2 Å². The van der Waals surface area contributed by atoms with Crippen LogP contribution in [-0.4, -0.2) is 98.3 Å². The summed E-state index contributed by atoms with van der Waals surface area (Å²) >= 11 is 0. The van der Waals surface area contributed by atoms with Crippen LogP contribution in [0.1, 0.15) is 106 Å². The summed E-state index contributed by atoms with van der Waals surface area (Å²) in [5, 5.41) is 63.8. The zero-order valence-corrected chi connectivity index (χ0v) is 30.1. The molecule has 0 aromatic rings. The van der Waals surface area contributed by atoms with Crippen LogP contribution in [0, 0.1) is 50.7 Å². The molecule has 6 aliphatic rings. The molecule has 0 spiro atoms. The first-order valence-electron chi connectivity index (χ1n) is 18.5. The van der Waals surface area contributed by atoms with E-state index in [-0.39, 0.29) is 63.0 Å². The molecule has 1 aliphatic heterocycles. The van der Waals surface area contributed by atoms with Crippen LogP contribution in [0.2, 0.25) is 0 Å². The largest absolute Gasteiger partial charge is 0.462 e. The van der Waals surface area contributed by atoms with Gasteiger partial charge in [0.05, 0.1) is 18.8 Å². The summed E-state index contributed by atoms with van der Waals surface area (Å²) in [6.07, 6.45) is -1.07. The molecule has 0 amide bonds. The number of hydrogen-bond donors (Lipinski definition) is 6. The third kappa shape index (κ3) is 5.05. The number of aliphatic hydroxyl groups is 6. The summed E-state index contributed by atoms with van der Waals surface area (Å²) in [7, 11) is 0. The van der Waals surface area contributed by atoms with E-state index in [0.717, 1.165) is 44.9 Å². The van der Waals surface area contributed by atoms with Crippen molar-refractivity contribution < 1.29 is 49.6 Å². The molecule has 5 aliphatic carbocycles. The molecule has 10 nitrogen and oxygen atoms in total. The van der Waals surface area contributed by atoms with Gasteiger partial charge in [0.15, 0.2) is 6.29 Å². The van der Waals surface area contributed by atoms with Crippen LogP contribution in [0.25, 0.3) is 0 Å². The molecule has 12 unspecified atom stereocenters. The molecule has 274 valence electrons. The van der Waals surface area contributed by atoms with E-state index in [1.807, 2.05) is 0 Å². The average Bonchev–Trinajstić information content (AvgIpc) is 3.58. The number of hydrogen-bond acceptors (Lipinski definition) is 10. The summed E-state index contributed by atoms with van der Waals surface area (Å²) in [5.74, 6) is 0.716. The lowest BCUT2D eigenvalue weighted by Crippen LogP contribution is -2.68. The molecular weight excluding hydrogens is 616 g/mol. The second-order valence-electron chi connectivity index (χ2n) is 18.1. The number of carbonyl (C=O) groups excluding carboxylic acids is 1. The highest BCUT2D eigenvalue weighted by Gasteiger charge is 2.85. The van der Waals surface area contributed by atoms with E-state index in [1.165, 1.54) is 6.92 Å². The van der Waals surface area contributed by atoms with Crippen LogP contribution in [0.3, 0.4) is 0 Å². The quantitative estimate of drug-likeness (QED) is 0.121. The first-order valence-corrected chi connectivity index (χ1v) is 18.5. The normalized spacial score (nSPS) is 50.9. The predicted octanol–water partition coefficient (Wildman–Crippen LogP) is 3.48. The molecule has 10 heteroatoms. The number of fused-ring (bicyclic) bond motifs is 3. The Morgan fingerprint density at radius 2 is 1.62 bits per heavy atom. The van der Waals surface area contributed by atoms with Crippen molar-refractivity contribution in [1.29, 1.82) is 0 Å². The molecule has 0 radical (unpaired) electrons. The number of aliphatic hydroxyl groups excluding tert-OH is 6. The SMILES string of the molecule is C=C(C)C(O)C(O)C[C@@H](C)C1CC[C@]23C[C@]12CCC1[C@@]2(C)CCC(OC(C)=O)C(C)(C)C2CC(OC2OC(CO)C(O)C(O)C2O)[C@]13C. The maximum Gasteiger partial charge on any atom is 0.302 e. The van der Waals surface area contributed by atoms with Gasteiger partial charge in [-0.1, -0.05) is 41.2 Å². The highest BCUT2D eigenvalue weighted by atomic mass is 16.7. The van der Waals surface area contributed by atoms with Gasteiger partial charge in [0.25, 0.3) is 0 Å². The second-order valence-corrected chi connectivity index (χ2v) is 18.1. The Morgan fingerprint density at radius 3 is 2.25 bits per heavy atom. The van der Waals surface area contributed by atoms with E-state index >= 15 is 0 Å². The van der Waals surface area contributed by atoms with Gasteiger partial charge in [0.2, 0.25) is 0 Å². The van der Waals surface area contributed by atoms with Gasteiger partial charge in [-0.25, -0.2) is 0 Å². The monoisotopic (exact) mass is 678 g/mol. The van der Waals surface area contributed by atoms with Crippen molar-refractivity contribution in [3.8, 4) is 0 Å². The number of esters is 1. The van der Waals surface area contributed by atoms with Gasteiger partial charge in [0.1, 0.15) is 36.6 Å². The van der Waals surface area contributed by atoms with Crippen LogP contribution >= 0.6 is 0 Å². The van der Waals surface area contributed by atoms with Gasteiger partial charge in [-0.05, 0) is 110 Å². The molecule has 0 aromatic heterocycles. The van der Waals surface area contributed by atoms with Crippen LogP contribution in [0.4, 0.5) is 0 Å². The Hall–Kier alpha value is -1.11. The van der Waals surface area contributed by atoms with Gasteiger partial charge in [0, 0.05) is 17.8 Å². The van der Waals surface area contributed by atoms with E-state index in [0.29, 0.717) is 24.3 Å². The molecule has 0 aromatic carbocycles. The fourth-order valence-electron chi connectivity index (χ4n) is 13.4. The molecule has 5 saturated carbocycles. The van der Waals surface area contributed by atoms with Crippen LogP contribution in [0.5, 0.6) is 0 Å². The first kappa shape index (κ1) is 36.7. The van der Waals surface area contributed by atoms with Gasteiger partial charge in [-0.2, -0.15) is 0 Å². The molecule has 6 rings (SSSR count). The van der Waals surface area contributed by atoms with Crippen LogP contribution in [-0.2, 0) is 19.0 Å². The lowest BCUT2D eigenvalue weighted by molar-refractivity contribution is -0.344. The van der Waals surface area contributed by atoms with Crippen molar-refractivity contribution in [2.75, 3.05) is 6.61 Å². The molecule has 6 N–H and O–H groups in total. The molecule has 0 bridgehead atoms. The Balaban J connectivity index is 1.37. The number of carbonyl (C=O) groups is 1. The lowest BCUT2D eigenvalue weighted by Gasteiger charge is -2.69. The molecule has 1 heterocycles. The van der Waals surface area contributed by atoms with E-state index in [9.17, 15) is 35.4 Å². The first-order chi connectivity index (χ1) is 22.3. The predicted molar refractivity (Wildman–Crippen MR) is 177 cm³/mol. The Labute approximate surface area is 286 Å². The smallest absolute Gasteiger partial charge is 0.302 e. The van der Waals surface area contributed by atoms with Crippen molar-refractivity contribution in [3.63, 3.8) is 0 Å². The topological polar surface area (TPSA) is 166 Å². The second kappa shape index (κ2) is 12.2. The van der Waals surface area contributed by atoms with E-state index in [4.69, 9.17) is 14.2 Å². The van der Waals surface area contributed by atoms with Gasteiger partial charge < -0.3 is 44.8 Å². The third-order valence-corrected chi connectivity index (χ3v) is 15.7. The average molecular weight is 679 g/mol. The zero-order chi connectivity index (χ0) is 35.4. The highest BCUT2D eigenvalue weighted by Crippen LogP contribution is 2.91. The summed E-state index contributed by atoms with van der Waals surface area (Å²) < 4.78 is 18.9. The number of rotatable bonds is 9. The summed E-state index contributed by atoms with van der Waals surface area (Å²) in [5.41, 5.74) is -0.0970. The van der Waals surface area contributed by atoms with Gasteiger partial charge in [-0.15, -0.1) is 0 Å². The van der Waals surface area contributed by atoms with Gasteiger partial charge >= 0.3 is 5.97 Å². The maximum absolute atomic E-state index is 12.2. The Morgan fingerprint density at radius 1 is 0.938 bits per heavy atom. The summed E-state index contributed by atoms with van der Waals surface area (Å²) in [6.45, 7) is 18.0. The fraction of sp³-hybridized carbons (Fsp3) is 0.921. The van der Waals surface area contributed by atoms with Crippen molar-refractivity contribution in [2.45, 2.75) is 161 Å². The van der Waals surface area contributed by atoms with Crippen molar-refractivity contribution in [1.82, 2.24) is 0 Å². The van der Waals surface area contributed by atoms with Crippen molar-refractivity contribution in [2.24, 2.45) is 50.7 Å². The zero-order valence-electron chi connectivity index (χ0n) is 30.1. The van der Waals surface area contributed by atoms with Crippen molar-refractivity contribution >= 4 is 5.97 Å². The number of ether oxygens (including phenoxy) is 3. The van der Waals surface area contributed by atoms with Crippen LogP contribution in [0.15, 0.2) is 12.2 Å². The lowest BCUT2D eigenvalue weighted by atomic mass is 9.37. The van der Waals surface area contributed by atoms with E-state index in [1.54, 1.807) is 6.92 Å². The molecule has 48 heavy (non-hydrogen) atoms. The summed E-state index contributed by atoms with van der Waals surface area (Å²) in [6, 6.07) is 0. The standard InChI is InChI=1S/C38H62O10/c1-19(2)29(42)23(41)15-20(3)22-9-14-38-18-37(22,38)13-10-25-35(7)12-11-27(46-21(4)40)34(5,6)26(35)16-28(36(25,38)8)48-33-32(45)31(44)30(43)24(17-39)47-33/h20,22-33,39,41-45H,1,9-18H2,2-8H3/t20-,22?,23?,24?,25?,26?,27?,28?,29?,30?,31?,32?,33?,35-,36+,37-,38-/m1/s1. The third-order valence-electron chi connectivity index (χ3n) is 15.7. The molecule has 17 atom stereocenters. The minimum absolute atomic E-state index is 0.0244. The minimum atomic E-state index is -1.53. The Kier molecular flexibility index (Phi) is 9.36. The molecule has 6 fully saturated rings. The Bertz CT molecular complexity index is 1250. The minimum Gasteiger partial charge on any atom is -0.462 e.